The zero-order chi connectivity index (χ0) is 18.9. The predicted octanol–water partition coefficient (Wildman–Crippen LogP) is 1.66. The summed E-state index contributed by atoms with van der Waals surface area (Å²) < 4.78 is 11.1. The molecule has 2 aliphatic heterocycles. The summed E-state index contributed by atoms with van der Waals surface area (Å²) in [7, 11) is 0. The molecule has 1 spiro atoms. The Balaban J connectivity index is 1.48. The summed E-state index contributed by atoms with van der Waals surface area (Å²) in [6.07, 6.45) is -0.646. The van der Waals surface area contributed by atoms with Gasteiger partial charge in [0.15, 0.2) is 5.54 Å². The number of carbonyl (C=O) groups is 2. The smallest absolute Gasteiger partial charge is 0.325 e. The fourth-order valence-electron chi connectivity index (χ4n) is 3.51. The van der Waals surface area contributed by atoms with Crippen LogP contribution in [0.3, 0.4) is 0 Å². The van der Waals surface area contributed by atoms with Crippen molar-refractivity contribution in [2.75, 3.05) is 19.8 Å². The van der Waals surface area contributed by atoms with Crippen LogP contribution in [0.5, 0.6) is 11.5 Å². The number of hydrogen-bond donors (Lipinski definition) is 2. The second kappa shape index (κ2) is 6.92. The highest BCUT2D eigenvalue weighted by molar-refractivity contribution is 6.08. The van der Waals surface area contributed by atoms with Crippen molar-refractivity contribution in [2.24, 2.45) is 0 Å². The molecule has 0 aliphatic carbocycles. The van der Waals surface area contributed by atoms with Gasteiger partial charge < -0.3 is 19.9 Å². The molecule has 0 bridgehead atoms. The largest absolute Gasteiger partial charge is 0.493 e. The number of aliphatic hydroxyl groups excluding tert-OH is 1. The van der Waals surface area contributed by atoms with Crippen LogP contribution in [0, 0.1) is 0 Å². The van der Waals surface area contributed by atoms with Crippen LogP contribution in [0.25, 0.3) is 0 Å². The monoisotopic (exact) mass is 368 g/mol. The topological polar surface area (TPSA) is 88.1 Å². The van der Waals surface area contributed by atoms with E-state index >= 15 is 0 Å². The van der Waals surface area contributed by atoms with Crippen LogP contribution in [-0.2, 0) is 10.3 Å². The number of amides is 3. The third-order valence-electron chi connectivity index (χ3n) is 4.84. The van der Waals surface area contributed by atoms with Crippen molar-refractivity contribution in [1.82, 2.24) is 10.2 Å². The Hall–Kier alpha value is -3.06. The molecular formula is C20H20N2O5. The normalized spacial score (nSPS) is 22.2. The summed E-state index contributed by atoms with van der Waals surface area (Å²) in [5.74, 6) is 0.831. The van der Waals surface area contributed by atoms with Crippen molar-refractivity contribution in [3.8, 4) is 11.5 Å². The number of fused-ring (bicyclic) bond motifs is 2. The summed E-state index contributed by atoms with van der Waals surface area (Å²) in [4.78, 5) is 26.6. The highest BCUT2D eigenvalue weighted by Gasteiger charge is 2.55. The predicted molar refractivity (Wildman–Crippen MR) is 96.4 cm³/mol. The Morgan fingerprint density at radius 3 is 2.70 bits per heavy atom. The van der Waals surface area contributed by atoms with Crippen molar-refractivity contribution in [1.29, 1.82) is 0 Å². The molecule has 2 N–H and O–H groups in total. The highest BCUT2D eigenvalue weighted by atomic mass is 16.5. The van der Waals surface area contributed by atoms with E-state index in [1.807, 2.05) is 24.3 Å². The quantitative estimate of drug-likeness (QED) is 0.784. The first-order valence-electron chi connectivity index (χ1n) is 8.82. The molecule has 2 atom stereocenters. The van der Waals surface area contributed by atoms with Gasteiger partial charge in [0.25, 0.3) is 5.91 Å². The number of benzene rings is 2. The van der Waals surface area contributed by atoms with Crippen molar-refractivity contribution >= 4 is 11.9 Å². The number of hydrogen-bond acceptors (Lipinski definition) is 5. The lowest BCUT2D eigenvalue weighted by molar-refractivity contribution is -0.133. The van der Waals surface area contributed by atoms with Gasteiger partial charge in [0.1, 0.15) is 24.2 Å². The average Bonchev–Trinajstić information content (AvgIpc) is 2.92. The van der Waals surface area contributed by atoms with Crippen LogP contribution < -0.4 is 14.8 Å². The minimum absolute atomic E-state index is 0.0201. The lowest BCUT2D eigenvalue weighted by Gasteiger charge is -2.33. The fraction of sp³-hybridized carbons (Fsp3) is 0.300. The molecule has 27 heavy (non-hydrogen) atoms. The number of ether oxygens (including phenoxy) is 2. The van der Waals surface area contributed by atoms with E-state index in [-0.39, 0.29) is 19.1 Å². The number of carbonyl (C=O) groups excluding carboxylic acids is 2. The summed E-state index contributed by atoms with van der Waals surface area (Å²) in [6.45, 7) is 0.173. The molecule has 4 rings (SSSR count). The van der Waals surface area contributed by atoms with Crippen molar-refractivity contribution in [2.45, 2.75) is 18.1 Å². The molecule has 140 valence electrons. The fourth-order valence-corrected chi connectivity index (χ4v) is 3.51. The number of rotatable bonds is 5. The second-order valence-corrected chi connectivity index (χ2v) is 6.62. The van der Waals surface area contributed by atoms with E-state index in [0.29, 0.717) is 30.1 Å². The number of urea groups is 1. The van der Waals surface area contributed by atoms with Crippen LogP contribution in [0.2, 0.25) is 0 Å². The lowest BCUT2D eigenvalue weighted by atomic mass is 9.84. The summed E-state index contributed by atoms with van der Waals surface area (Å²) in [5, 5.41) is 13.1. The summed E-state index contributed by atoms with van der Waals surface area (Å²) >= 11 is 0. The molecule has 0 aromatic heterocycles. The molecule has 1 fully saturated rings. The summed E-state index contributed by atoms with van der Waals surface area (Å²) in [5.41, 5.74) is -0.488. The summed E-state index contributed by atoms with van der Waals surface area (Å²) in [6, 6.07) is 15.7. The molecule has 1 saturated heterocycles. The average molecular weight is 368 g/mol. The highest BCUT2D eigenvalue weighted by Crippen LogP contribution is 2.40. The van der Waals surface area contributed by atoms with Gasteiger partial charge in [0, 0.05) is 12.0 Å². The van der Waals surface area contributed by atoms with E-state index in [2.05, 4.69) is 5.32 Å². The molecule has 0 unspecified atom stereocenters. The van der Waals surface area contributed by atoms with Crippen molar-refractivity contribution in [3.63, 3.8) is 0 Å². The van der Waals surface area contributed by atoms with Gasteiger partial charge in [0.2, 0.25) is 0 Å². The van der Waals surface area contributed by atoms with E-state index in [0.717, 1.165) is 4.90 Å². The number of aliphatic hydroxyl groups is 1. The number of nitrogens with one attached hydrogen (secondary N) is 1. The van der Waals surface area contributed by atoms with Crippen molar-refractivity contribution in [3.05, 3.63) is 60.2 Å². The first-order chi connectivity index (χ1) is 13.1. The van der Waals surface area contributed by atoms with Crippen LogP contribution in [0.4, 0.5) is 4.79 Å². The molecule has 3 amide bonds. The maximum Gasteiger partial charge on any atom is 0.325 e. The van der Waals surface area contributed by atoms with Gasteiger partial charge in [-0.2, -0.15) is 0 Å². The van der Waals surface area contributed by atoms with E-state index in [9.17, 15) is 14.7 Å². The third-order valence-corrected chi connectivity index (χ3v) is 4.84. The number of imide groups is 1. The Labute approximate surface area is 156 Å². The van der Waals surface area contributed by atoms with Gasteiger partial charge in [-0.3, -0.25) is 9.69 Å². The van der Waals surface area contributed by atoms with Gasteiger partial charge >= 0.3 is 6.03 Å². The Bertz CT molecular complexity index is 856. The van der Waals surface area contributed by atoms with E-state index in [4.69, 9.17) is 9.47 Å². The second-order valence-electron chi connectivity index (χ2n) is 6.62. The van der Waals surface area contributed by atoms with Gasteiger partial charge in [-0.05, 0) is 18.2 Å². The number of para-hydroxylation sites is 2. The lowest BCUT2D eigenvalue weighted by Crippen LogP contribution is -2.48. The van der Waals surface area contributed by atoms with Gasteiger partial charge in [-0.25, -0.2) is 4.79 Å². The van der Waals surface area contributed by atoms with Crippen LogP contribution in [0.1, 0.15) is 12.0 Å². The molecule has 7 heteroatoms. The third kappa shape index (κ3) is 3.10. The molecule has 2 aliphatic rings. The zero-order valence-electron chi connectivity index (χ0n) is 14.6. The SMILES string of the molecule is O=C1N[C@]2(CCOc3ccccc32)C(=O)N1C[C@@H](O)COc1ccccc1. The number of nitrogens with zero attached hydrogens (tertiary/aromatic N) is 1. The Kier molecular flexibility index (Phi) is 4.45. The van der Waals surface area contributed by atoms with Crippen LogP contribution >= 0.6 is 0 Å². The maximum absolute atomic E-state index is 13.1. The Morgan fingerprint density at radius 1 is 1.15 bits per heavy atom. The standard InChI is InChI=1S/C20H20N2O5/c23-14(13-27-15-6-2-1-3-7-15)12-22-18(24)20(21-19(22)25)10-11-26-17-9-5-4-8-16(17)20/h1-9,14,23H,10-13H2,(H,21,25)/t14-,20+/m1/s1. The first kappa shape index (κ1) is 17.4. The van der Waals surface area contributed by atoms with E-state index < -0.39 is 17.7 Å². The van der Waals surface area contributed by atoms with Crippen LogP contribution in [0.15, 0.2) is 54.6 Å². The molecular weight excluding hydrogens is 348 g/mol. The minimum Gasteiger partial charge on any atom is -0.493 e. The maximum atomic E-state index is 13.1. The molecule has 7 nitrogen and oxygen atoms in total. The van der Waals surface area contributed by atoms with E-state index in [1.54, 1.807) is 30.3 Å². The zero-order valence-corrected chi connectivity index (χ0v) is 14.6. The number of β-amino-alcohol motifs (C(OH)–C–C–N with tert-alkyl or cyclic N) is 1. The molecule has 2 heterocycles. The van der Waals surface area contributed by atoms with E-state index in [1.165, 1.54) is 0 Å². The minimum atomic E-state index is -1.13. The molecule has 0 saturated carbocycles. The van der Waals surface area contributed by atoms with Crippen molar-refractivity contribution < 1.29 is 24.2 Å². The van der Waals surface area contributed by atoms with Gasteiger partial charge in [-0.15, -0.1) is 0 Å². The van der Waals surface area contributed by atoms with Gasteiger partial charge in [-0.1, -0.05) is 36.4 Å². The first-order valence-corrected chi connectivity index (χ1v) is 8.82. The molecule has 2 aromatic rings. The molecule has 0 radical (unpaired) electrons. The van der Waals surface area contributed by atoms with Gasteiger partial charge in [0.05, 0.1) is 13.2 Å². The Morgan fingerprint density at radius 2 is 1.89 bits per heavy atom. The van der Waals surface area contributed by atoms with Crippen LogP contribution in [-0.4, -0.2) is 47.8 Å². The molecule has 2 aromatic carbocycles.